The lowest BCUT2D eigenvalue weighted by Gasteiger charge is -2.30. The minimum Gasteiger partial charge on any atom is -0.481 e. The quantitative estimate of drug-likeness (QED) is 0.929. The van der Waals surface area contributed by atoms with Crippen LogP contribution in [0.5, 0.6) is 0 Å². The molecule has 2 unspecified atom stereocenters. The normalized spacial score (nSPS) is 25.7. The third kappa shape index (κ3) is 2.91. The summed E-state index contributed by atoms with van der Waals surface area (Å²) >= 11 is 0. The molecule has 0 aromatic heterocycles. The van der Waals surface area contributed by atoms with Crippen LogP contribution in [-0.4, -0.2) is 35.0 Å². The van der Waals surface area contributed by atoms with Gasteiger partial charge in [-0.05, 0) is 42.9 Å². The van der Waals surface area contributed by atoms with Gasteiger partial charge in [-0.2, -0.15) is 0 Å². The number of likely N-dealkylation sites (tertiary alicyclic amines) is 1. The molecule has 1 heterocycles. The van der Waals surface area contributed by atoms with E-state index in [0.29, 0.717) is 25.9 Å². The van der Waals surface area contributed by atoms with Crippen LogP contribution < -0.4 is 0 Å². The van der Waals surface area contributed by atoms with Gasteiger partial charge in [0.15, 0.2) is 0 Å². The van der Waals surface area contributed by atoms with Crippen LogP contribution in [0.3, 0.4) is 0 Å². The molecule has 1 aromatic rings. The molecule has 112 valence electrons. The monoisotopic (exact) mass is 291 g/mol. The molecule has 1 amide bonds. The Balaban J connectivity index is 1.56. The van der Waals surface area contributed by atoms with Gasteiger partial charge in [0.2, 0.25) is 5.91 Å². The fraction of sp³-hybridized carbons (Fsp3) is 0.500. The fourth-order valence-corrected chi connectivity index (χ4v) is 3.13. The molecule has 1 aliphatic carbocycles. The zero-order chi connectivity index (χ0) is 15.0. The first-order valence-corrected chi connectivity index (χ1v) is 7.33. The number of carbonyl (C=O) groups excluding carboxylic acids is 1. The highest BCUT2D eigenvalue weighted by Crippen LogP contribution is 2.48. The van der Waals surface area contributed by atoms with Gasteiger partial charge in [-0.3, -0.25) is 9.59 Å². The van der Waals surface area contributed by atoms with Crippen molar-refractivity contribution in [3.05, 3.63) is 35.6 Å². The Hall–Kier alpha value is -1.91. The number of hydrogen-bond acceptors (Lipinski definition) is 2. The molecule has 0 spiro atoms. The van der Waals surface area contributed by atoms with Crippen LogP contribution in [0.1, 0.15) is 30.7 Å². The van der Waals surface area contributed by atoms with Crippen molar-refractivity contribution in [2.75, 3.05) is 13.1 Å². The third-order valence-electron chi connectivity index (χ3n) is 4.56. The SMILES string of the molecule is O=C(O)C1CCN(C(=O)C2CC2c2ccc(F)cc2)CC1. The minimum absolute atomic E-state index is 0.0168. The first-order chi connectivity index (χ1) is 10.1. The van der Waals surface area contributed by atoms with Gasteiger partial charge in [-0.15, -0.1) is 0 Å². The molecule has 5 heteroatoms. The zero-order valence-electron chi connectivity index (χ0n) is 11.7. The minimum atomic E-state index is -0.766. The molecule has 2 aliphatic rings. The van der Waals surface area contributed by atoms with E-state index in [1.165, 1.54) is 12.1 Å². The molecule has 3 rings (SSSR count). The molecule has 1 aliphatic heterocycles. The van der Waals surface area contributed by atoms with Gasteiger partial charge in [0.1, 0.15) is 5.82 Å². The van der Waals surface area contributed by atoms with Crippen LogP contribution in [0.4, 0.5) is 4.39 Å². The highest BCUT2D eigenvalue weighted by Gasteiger charge is 2.46. The number of carbonyl (C=O) groups is 2. The Morgan fingerprint density at radius 2 is 1.76 bits per heavy atom. The summed E-state index contributed by atoms with van der Waals surface area (Å²) in [5.74, 6) is -1.06. The molecule has 1 saturated carbocycles. The average molecular weight is 291 g/mol. The largest absolute Gasteiger partial charge is 0.481 e. The summed E-state index contributed by atoms with van der Waals surface area (Å²) in [5, 5.41) is 8.96. The Bertz CT molecular complexity index is 549. The number of rotatable bonds is 3. The molecule has 1 saturated heterocycles. The van der Waals surface area contributed by atoms with E-state index in [-0.39, 0.29) is 29.5 Å². The number of carboxylic acid groups (broad SMARTS) is 1. The lowest BCUT2D eigenvalue weighted by molar-refractivity contribution is -0.146. The van der Waals surface area contributed by atoms with Crippen molar-refractivity contribution < 1.29 is 19.1 Å². The number of piperidine rings is 1. The second kappa shape index (κ2) is 5.47. The number of halogens is 1. The van der Waals surface area contributed by atoms with Gasteiger partial charge < -0.3 is 10.0 Å². The van der Waals surface area contributed by atoms with E-state index in [4.69, 9.17) is 5.11 Å². The van der Waals surface area contributed by atoms with E-state index >= 15 is 0 Å². The third-order valence-corrected chi connectivity index (χ3v) is 4.56. The van der Waals surface area contributed by atoms with Crippen molar-refractivity contribution in [1.82, 2.24) is 4.90 Å². The molecule has 21 heavy (non-hydrogen) atoms. The molecule has 1 aromatic carbocycles. The summed E-state index contributed by atoms with van der Waals surface area (Å²) in [7, 11) is 0. The Labute approximate surface area is 122 Å². The number of nitrogens with zero attached hydrogens (tertiary/aromatic N) is 1. The van der Waals surface area contributed by atoms with E-state index in [1.54, 1.807) is 17.0 Å². The number of aliphatic carboxylic acids is 1. The molecular formula is C16H18FNO3. The smallest absolute Gasteiger partial charge is 0.306 e. The fourth-order valence-electron chi connectivity index (χ4n) is 3.13. The zero-order valence-corrected chi connectivity index (χ0v) is 11.7. The van der Waals surface area contributed by atoms with Crippen LogP contribution in [0.15, 0.2) is 24.3 Å². The van der Waals surface area contributed by atoms with E-state index < -0.39 is 5.97 Å². The lowest BCUT2D eigenvalue weighted by atomic mass is 9.96. The van der Waals surface area contributed by atoms with Gasteiger partial charge in [-0.1, -0.05) is 12.1 Å². The van der Waals surface area contributed by atoms with E-state index in [1.807, 2.05) is 0 Å². The highest BCUT2D eigenvalue weighted by molar-refractivity contribution is 5.83. The van der Waals surface area contributed by atoms with Crippen molar-refractivity contribution in [2.24, 2.45) is 11.8 Å². The summed E-state index contributed by atoms with van der Waals surface area (Å²) in [6.45, 7) is 1.06. The maximum atomic E-state index is 12.9. The predicted molar refractivity (Wildman–Crippen MR) is 74.2 cm³/mol. The summed E-state index contributed by atoms with van der Waals surface area (Å²) < 4.78 is 12.9. The summed E-state index contributed by atoms with van der Waals surface area (Å²) in [6.07, 6.45) is 1.88. The standard InChI is InChI=1S/C16H18FNO3/c17-12-3-1-10(2-4-12)13-9-14(13)15(19)18-7-5-11(6-8-18)16(20)21/h1-4,11,13-14H,5-9H2,(H,20,21). The topological polar surface area (TPSA) is 57.6 Å². The second-order valence-corrected chi connectivity index (χ2v) is 5.94. The van der Waals surface area contributed by atoms with Gasteiger partial charge >= 0.3 is 5.97 Å². The van der Waals surface area contributed by atoms with Gasteiger partial charge in [0.25, 0.3) is 0 Å². The first kappa shape index (κ1) is 14.0. The van der Waals surface area contributed by atoms with Crippen LogP contribution in [0.25, 0.3) is 0 Å². The van der Waals surface area contributed by atoms with Crippen molar-refractivity contribution in [2.45, 2.75) is 25.2 Å². The second-order valence-electron chi connectivity index (χ2n) is 5.94. The molecule has 2 fully saturated rings. The highest BCUT2D eigenvalue weighted by atomic mass is 19.1. The van der Waals surface area contributed by atoms with Crippen LogP contribution in [0.2, 0.25) is 0 Å². The maximum Gasteiger partial charge on any atom is 0.306 e. The Morgan fingerprint density at radius 3 is 2.33 bits per heavy atom. The van der Waals surface area contributed by atoms with Crippen molar-refractivity contribution in [1.29, 1.82) is 0 Å². The molecule has 0 radical (unpaired) electrons. The van der Waals surface area contributed by atoms with Crippen molar-refractivity contribution in [3.63, 3.8) is 0 Å². The van der Waals surface area contributed by atoms with Gasteiger partial charge in [0.05, 0.1) is 5.92 Å². The summed E-state index contributed by atoms with van der Waals surface area (Å²) in [4.78, 5) is 25.1. The molecule has 0 bridgehead atoms. The number of carboxylic acids is 1. The van der Waals surface area contributed by atoms with E-state index in [0.717, 1.165) is 12.0 Å². The Kier molecular flexibility index (Phi) is 3.66. The summed E-state index contributed by atoms with van der Waals surface area (Å²) in [6, 6.07) is 6.33. The van der Waals surface area contributed by atoms with Gasteiger partial charge in [0, 0.05) is 19.0 Å². The molecule has 4 nitrogen and oxygen atoms in total. The molecule has 1 N–H and O–H groups in total. The van der Waals surface area contributed by atoms with E-state index in [9.17, 15) is 14.0 Å². The number of hydrogen-bond donors (Lipinski definition) is 1. The van der Waals surface area contributed by atoms with Crippen molar-refractivity contribution in [3.8, 4) is 0 Å². The van der Waals surface area contributed by atoms with Crippen molar-refractivity contribution >= 4 is 11.9 Å². The summed E-state index contributed by atoms with van der Waals surface area (Å²) in [5.41, 5.74) is 1.01. The average Bonchev–Trinajstić information content (AvgIpc) is 3.28. The Morgan fingerprint density at radius 1 is 1.14 bits per heavy atom. The van der Waals surface area contributed by atoms with Gasteiger partial charge in [-0.25, -0.2) is 4.39 Å². The first-order valence-electron chi connectivity index (χ1n) is 7.33. The number of benzene rings is 1. The van der Waals surface area contributed by atoms with Crippen LogP contribution in [-0.2, 0) is 9.59 Å². The lowest BCUT2D eigenvalue weighted by Crippen LogP contribution is -2.41. The van der Waals surface area contributed by atoms with Crippen LogP contribution in [0, 0.1) is 17.7 Å². The molecular weight excluding hydrogens is 273 g/mol. The van der Waals surface area contributed by atoms with E-state index in [2.05, 4.69) is 0 Å². The number of amides is 1. The van der Waals surface area contributed by atoms with Crippen LogP contribution >= 0.6 is 0 Å². The molecule has 2 atom stereocenters. The maximum absolute atomic E-state index is 12.9. The predicted octanol–water partition coefficient (Wildman–Crippen LogP) is 2.25.